The van der Waals surface area contributed by atoms with Crippen molar-refractivity contribution in [3.05, 3.63) is 64.1 Å². The van der Waals surface area contributed by atoms with Crippen molar-refractivity contribution in [3.63, 3.8) is 0 Å². The highest BCUT2D eigenvalue weighted by Gasteiger charge is 2.37. The van der Waals surface area contributed by atoms with E-state index in [1.54, 1.807) is 17.0 Å². The molecule has 3 heterocycles. The van der Waals surface area contributed by atoms with Crippen LogP contribution < -0.4 is 16.2 Å². The number of urea groups is 1. The molecule has 4 rings (SSSR count). The van der Waals surface area contributed by atoms with Gasteiger partial charge in [0.05, 0.1) is 0 Å². The Morgan fingerprint density at radius 1 is 0.970 bits per heavy atom. The van der Waals surface area contributed by atoms with Gasteiger partial charge in [-0.25, -0.2) is 4.79 Å². The molecule has 3 atom stereocenters. The number of benzene rings is 1. The number of rotatable bonds is 5. The first kappa shape index (κ1) is 23.1. The van der Waals surface area contributed by atoms with Gasteiger partial charge < -0.3 is 20.1 Å². The van der Waals surface area contributed by atoms with Gasteiger partial charge in [0.15, 0.2) is 0 Å². The summed E-state index contributed by atoms with van der Waals surface area (Å²) in [4.78, 5) is 40.2. The SMILES string of the molecule is CC(C)c1ccc(NC(=O)[C@@H](NC(=O)N2C[C@H]3C[C@@H](C2)c2cccc(=O)n2C3)C(C)C)cc1. The van der Waals surface area contributed by atoms with Gasteiger partial charge in [-0.2, -0.15) is 0 Å². The van der Waals surface area contributed by atoms with Crippen LogP contribution in [0, 0.1) is 11.8 Å². The van der Waals surface area contributed by atoms with Crippen LogP contribution in [0.4, 0.5) is 10.5 Å². The van der Waals surface area contributed by atoms with Crippen LogP contribution in [-0.2, 0) is 11.3 Å². The van der Waals surface area contributed by atoms with E-state index >= 15 is 0 Å². The molecule has 2 aliphatic heterocycles. The number of carbonyl (C=O) groups excluding carboxylic acids is 2. The average molecular weight is 451 g/mol. The molecule has 7 nitrogen and oxygen atoms in total. The Labute approximate surface area is 195 Å². The van der Waals surface area contributed by atoms with E-state index in [-0.39, 0.29) is 35.3 Å². The molecule has 176 valence electrons. The smallest absolute Gasteiger partial charge is 0.318 e. The van der Waals surface area contributed by atoms with E-state index in [1.807, 2.05) is 48.7 Å². The van der Waals surface area contributed by atoms with Gasteiger partial charge in [0.2, 0.25) is 5.91 Å². The van der Waals surface area contributed by atoms with Gasteiger partial charge in [0.1, 0.15) is 6.04 Å². The predicted octanol–water partition coefficient (Wildman–Crippen LogP) is 3.76. The van der Waals surface area contributed by atoms with Gasteiger partial charge >= 0.3 is 6.03 Å². The molecule has 3 amide bonds. The Hall–Kier alpha value is -3.09. The number of likely N-dealkylation sites (tertiary alicyclic amines) is 1. The minimum Gasteiger partial charge on any atom is -0.326 e. The van der Waals surface area contributed by atoms with Crippen molar-refractivity contribution in [2.75, 3.05) is 18.4 Å². The molecular formula is C26H34N4O3. The van der Waals surface area contributed by atoms with Crippen LogP contribution in [0.5, 0.6) is 0 Å². The standard InChI is InChI=1S/C26H34N4O3/c1-16(2)19-8-10-21(11-9-19)27-25(32)24(17(3)4)28-26(33)29-13-18-12-20(15-29)22-6-5-7-23(31)30(22)14-18/h5-11,16-18,20,24H,12-15H2,1-4H3,(H,27,32)(H,28,33)/t18-,20+,24+/m1/s1. The van der Waals surface area contributed by atoms with Crippen molar-refractivity contribution in [2.45, 2.75) is 58.5 Å². The number of carbonyl (C=O) groups is 2. The normalized spacial score (nSPS) is 20.4. The molecular weight excluding hydrogens is 416 g/mol. The van der Waals surface area contributed by atoms with Crippen LogP contribution in [0.2, 0.25) is 0 Å². The lowest BCUT2D eigenvalue weighted by Crippen LogP contribution is -2.56. The molecule has 2 aromatic rings. The number of anilines is 1. The summed E-state index contributed by atoms with van der Waals surface area (Å²) in [5.74, 6) is 0.528. The number of hydrogen-bond acceptors (Lipinski definition) is 3. The maximum absolute atomic E-state index is 13.2. The number of nitrogens with zero attached hydrogens (tertiary/aromatic N) is 2. The van der Waals surface area contributed by atoms with Crippen molar-refractivity contribution in [1.29, 1.82) is 0 Å². The fraction of sp³-hybridized carbons (Fsp3) is 0.500. The fourth-order valence-electron chi connectivity index (χ4n) is 4.99. The van der Waals surface area contributed by atoms with Gasteiger partial charge in [0.25, 0.3) is 5.56 Å². The zero-order chi connectivity index (χ0) is 23.7. The second-order valence-electron chi connectivity index (χ2n) is 10.0. The number of amides is 3. The van der Waals surface area contributed by atoms with Crippen LogP contribution >= 0.6 is 0 Å². The zero-order valence-electron chi connectivity index (χ0n) is 19.9. The summed E-state index contributed by atoms with van der Waals surface area (Å²) in [7, 11) is 0. The summed E-state index contributed by atoms with van der Waals surface area (Å²) >= 11 is 0. The Morgan fingerprint density at radius 3 is 2.36 bits per heavy atom. The third-order valence-corrected chi connectivity index (χ3v) is 6.84. The molecule has 33 heavy (non-hydrogen) atoms. The molecule has 2 N–H and O–H groups in total. The van der Waals surface area contributed by atoms with Crippen molar-refractivity contribution < 1.29 is 9.59 Å². The van der Waals surface area contributed by atoms with Crippen LogP contribution in [0.3, 0.4) is 0 Å². The minimum absolute atomic E-state index is 0.0260. The highest BCUT2D eigenvalue weighted by Crippen LogP contribution is 2.35. The highest BCUT2D eigenvalue weighted by atomic mass is 16.2. The highest BCUT2D eigenvalue weighted by molar-refractivity contribution is 5.97. The summed E-state index contributed by atoms with van der Waals surface area (Å²) < 4.78 is 1.85. The second kappa shape index (κ2) is 9.41. The molecule has 1 saturated heterocycles. The number of fused-ring (bicyclic) bond motifs is 4. The molecule has 0 aliphatic carbocycles. The zero-order valence-corrected chi connectivity index (χ0v) is 19.9. The molecule has 0 unspecified atom stereocenters. The molecule has 1 fully saturated rings. The van der Waals surface area contributed by atoms with Gasteiger partial charge in [-0.3, -0.25) is 9.59 Å². The minimum atomic E-state index is -0.640. The van der Waals surface area contributed by atoms with Crippen LogP contribution in [0.25, 0.3) is 0 Å². The van der Waals surface area contributed by atoms with Gasteiger partial charge in [-0.15, -0.1) is 0 Å². The quantitative estimate of drug-likeness (QED) is 0.728. The van der Waals surface area contributed by atoms with E-state index in [2.05, 4.69) is 24.5 Å². The lowest BCUT2D eigenvalue weighted by molar-refractivity contribution is -0.118. The lowest BCUT2D eigenvalue weighted by Gasteiger charge is -2.43. The van der Waals surface area contributed by atoms with E-state index in [0.29, 0.717) is 25.6 Å². The summed E-state index contributed by atoms with van der Waals surface area (Å²) in [5, 5.41) is 5.91. The topological polar surface area (TPSA) is 83.4 Å². The summed E-state index contributed by atoms with van der Waals surface area (Å²) in [6, 6.07) is 12.3. The number of hydrogen-bond donors (Lipinski definition) is 2. The lowest BCUT2D eigenvalue weighted by atomic mass is 9.83. The van der Waals surface area contributed by atoms with Crippen molar-refractivity contribution in [2.24, 2.45) is 11.8 Å². The fourth-order valence-corrected chi connectivity index (χ4v) is 4.99. The van der Waals surface area contributed by atoms with Gasteiger partial charge in [-0.1, -0.05) is 45.9 Å². The Kier molecular flexibility index (Phi) is 6.58. The van der Waals surface area contributed by atoms with Crippen LogP contribution in [-0.4, -0.2) is 40.5 Å². The number of pyridine rings is 1. The van der Waals surface area contributed by atoms with Crippen molar-refractivity contribution >= 4 is 17.6 Å². The first-order chi connectivity index (χ1) is 15.7. The first-order valence-corrected chi connectivity index (χ1v) is 11.9. The maximum Gasteiger partial charge on any atom is 0.318 e. The predicted molar refractivity (Wildman–Crippen MR) is 129 cm³/mol. The molecule has 2 aliphatic rings. The summed E-state index contributed by atoms with van der Waals surface area (Å²) in [5.41, 5.74) is 2.96. The van der Waals surface area contributed by atoms with Crippen molar-refractivity contribution in [1.82, 2.24) is 14.8 Å². The molecule has 1 aromatic heterocycles. The number of piperidine rings is 1. The molecule has 1 aromatic carbocycles. The first-order valence-electron chi connectivity index (χ1n) is 11.9. The number of aromatic nitrogens is 1. The largest absolute Gasteiger partial charge is 0.326 e. The maximum atomic E-state index is 13.2. The molecule has 0 spiro atoms. The average Bonchev–Trinajstić information content (AvgIpc) is 2.78. The van der Waals surface area contributed by atoms with E-state index in [4.69, 9.17) is 0 Å². The van der Waals surface area contributed by atoms with E-state index in [0.717, 1.165) is 17.8 Å². The Bertz CT molecular complexity index is 1070. The third kappa shape index (κ3) is 4.97. The van der Waals surface area contributed by atoms with E-state index in [9.17, 15) is 14.4 Å². The Morgan fingerprint density at radius 2 is 1.70 bits per heavy atom. The molecule has 0 saturated carbocycles. The molecule has 7 heteroatoms. The van der Waals surface area contributed by atoms with Crippen LogP contribution in [0.1, 0.15) is 57.2 Å². The van der Waals surface area contributed by atoms with E-state index in [1.165, 1.54) is 5.56 Å². The molecule has 0 radical (unpaired) electrons. The second-order valence-corrected chi connectivity index (χ2v) is 10.0. The van der Waals surface area contributed by atoms with Crippen molar-refractivity contribution in [3.8, 4) is 0 Å². The molecule has 2 bridgehead atoms. The van der Waals surface area contributed by atoms with Gasteiger partial charge in [0, 0.05) is 43.0 Å². The summed E-state index contributed by atoms with van der Waals surface area (Å²) in [6.07, 6.45) is 0.980. The van der Waals surface area contributed by atoms with E-state index < -0.39 is 6.04 Å². The monoisotopic (exact) mass is 450 g/mol. The van der Waals surface area contributed by atoms with Gasteiger partial charge in [-0.05, 0) is 47.9 Å². The summed E-state index contributed by atoms with van der Waals surface area (Å²) in [6.45, 7) is 9.89. The Balaban J connectivity index is 1.42. The third-order valence-electron chi connectivity index (χ3n) is 6.84. The number of nitrogens with one attached hydrogen (secondary N) is 2. The van der Waals surface area contributed by atoms with Crippen LogP contribution in [0.15, 0.2) is 47.3 Å².